The number of nitrogens with one attached hydrogen (secondary N) is 1. The highest BCUT2D eigenvalue weighted by atomic mass is 16.5. The monoisotopic (exact) mass is 384 g/mol. The van der Waals surface area contributed by atoms with Gasteiger partial charge in [0.15, 0.2) is 5.96 Å². The molecule has 2 saturated heterocycles. The molecular weight excluding hydrogens is 348 g/mol. The van der Waals surface area contributed by atoms with E-state index in [2.05, 4.69) is 58.2 Å². The molecule has 1 spiro atoms. The maximum absolute atomic E-state index is 5.69. The van der Waals surface area contributed by atoms with Crippen LogP contribution in [-0.4, -0.2) is 68.2 Å². The average molecular weight is 385 g/mol. The molecule has 3 aliphatic rings. The van der Waals surface area contributed by atoms with E-state index in [0.29, 0.717) is 17.4 Å². The van der Waals surface area contributed by atoms with E-state index in [-0.39, 0.29) is 0 Å². The van der Waals surface area contributed by atoms with Gasteiger partial charge in [-0.3, -0.25) is 9.89 Å². The molecular formula is C23H36N4O. The van der Waals surface area contributed by atoms with Crippen LogP contribution >= 0.6 is 0 Å². The van der Waals surface area contributed by atoms with E-state index in [4.69, 9.17) is 4.74 Å². The summed E-state index contributed by atoms with van der Waals surface area (Å²) in [5.74, 6) is 1.66. The molecule has 154 valence electrons. The van der Waals surface area contributed by atoms with Gasteiger partial charge in [-0.25, -0.2) is 0 Å². The molecule has 1 aromatic rings. The van der Waals surface area contributed by atoms with E-state index >= 15 is 0 Å². The third-order valence-electron chi connectivity index (χ3n) is 7.00. The Morgan fingerprint density at radius 3 is 2.75 bits per heavy atom. The fourth-order valence-corrected chi connectivity index (χ4v) is 5.20. The lowest BCUT2D eigenvalue weighted by molar-refractivity contribution is 0.139. The van der Waals surface area contributed by atoms with Crippen LogP contribution in [0, 0.1) is 11.3 Å². The van der Waals surface area contributed by atoms with Crippen molar-refractivity contribution in [3.63, 3.8) is 0 Å². The minimum atomic E-state index is 0.367. The molecule has 28 heavy (non-hydrogen) atoms. The van der Waals surface area contributed by atoms with Crippen LogP contribution in [0.3, 0.4) is 0 Å². The highest BCUT2D eigenvalue weighted by Gasteiger charge is 2.42. The minimum absolute atomic E-state index is 0.367. The molecule has 4 rings (SSSR count). The van der Waals surface area contributed by atoms with Gasteiger partial charge in [-0.05, 0) is 36.3 Å². The third kappa shape index (κ3) is 4.06. The number of hydrogen-bond acceptors (Lipinski definition) is 3. The van der Waals surface area contributed by atoms with Crippen LogP contribution in [0.4, 0.5) is 0 Å². The second-order valence-electron chi connectivity index (χ2n) is 9.20. The molecule has 5 nitrogen and oxygen atoms in total. The van der Waals surface area contributed by atoms with Gasteiger partial charge in [-0.1, -0.05) is 38.1 Å². The fraction of sp³-hybridized carbons (Fsp3) is 0.696. The number of rotatable bonds is 4. The summed E-state index contributed by atoms with van der Waals surface area (Å²) in [6.45, 7) is 11.9. The molecule has 2 fully saturated rings. The standard InChI is InChI=1S/C23H36N4O/c1-18(2)21(26-11-8-19-6-4-5-7-20(19)15-26)14-25-22(24-3)27-12-9-23(16-27)10-13-28-17-23/h4-7,18,21H,8-17H2,1-3H3,(H,24,25). The highest BCUT2D eigenvalue weighted by Crippen LogP contribution is 2.38. The van der Waals surface area contributed by atoms with Crippen molar-refractivity contribution in [3.05, 3.63) is 35.4 Å². The average Bonchev–Trinajstić information content (AvgIpc) is 3.34. The molecule has 1 N–H and O–H groups in total. The van der Waals surface area contributed by atoms with E-state index in [0.717, 1.165) is 58.3 Å². The van der Waals surface area contributed by atoms with Crippen molar-refractivity contribution < 1.29 is 4.74 Å². The van der Waals surface area contributed by atoms with Crippen LogP contribution in [0.25, 0.3) is 0 Å². The van der Waals surface area contributed by atoms with E-state index in [1.165, 1.54) is 24.0 Å². The first-order valence-corrected chi connectivity index (χ1v) is 10.9. The molecule has 0 aromatic heterocycles. The number of aliphatic imine (C=N–C) groups is 1. The van der Waals surface area contributed by atoms with Crippen LogP contribution in [0.5, 0.6) is 0 Å². The molecule has 3 aliphatic heterocycles. The Kier molecular flexibility index (Phi) is 5.93. The number of fused-ring (bicyclic) bond motifs is 1. The second kappa shape index (κ2) is 8.42. The van der Waals surface area contributed by atoms with Crippen LogP contribution in [0.1, 0.15) is 37.8 Å². The van der Waals surface area contributed by atoms with E-state index in [1.54, 1.807) is 0 Å². The van der Waals surface area contributed by atoms with E-state index in [9.17, 15) is 0 Å². The maximum atomic E-state index is 5.69. The third-order valence-corrected chi connectivity index (χ3v) is 7.00. The predicted molar refractivity (Wildman–Crippen MR) is 115 cm³/mol. The van der Waals surface area contributed by atoms with Crippen molar-refractivity contribution in [1.29, 1.82) is 0 Å². The van der Waals surface area contributed by atoms with Crippen molar-refractivity contribution in [2.75, 3.05) is 46.4 Å². The molecule has 2 atom stereocenters. The number of nitrogens with zero attached hydrogens (tertiary/aromatic N) is 3. The predicted octanol–water partition coefficient (Wildman–Crippen LogP) is 2.76. The van der Waals surface area contributed by atoms with Gasteiger partial charge in [-0.15, -0.1) is 0 Å². The topological polar surface area (TPSA) is 40.1 Å². The zero-order chi connectivity index (χ0) is 19.6. The van der Waals surface area contributed by atoms with Gasteiger partial charge in [0.1, 0.15) is 0 Å². The molecule has 2 unspecified atom stereocenters. The Bertz CT molecular complexity index is 696. The number of hydrogen-bond donors (Lipinski definition) is 1. The molecule has 5 heteroatoms. The van der Waals surface area contributed by atoms with Crippen molar-refractivity contribution in [3.8, 4) is 0 Å². The van der Waals surface area contributed by atoms with E-state index in [1.807, 2.05) is 7.05 Å². The summed E-state index contributed by atoms with van der Waals surface area (Å²) in [7, 11) is 1.92. The van der Waals surface area contributed by atoms with Crippen molar-refractivity contribution in [2.24, 2.45) is 16.3 Å². The Morgan fingerprint density at radius 2 is 2.04 bits per heavy atom. The maximum Gasteiger partial charge on any atom is 0.193 e. The summed E-state index contributed by atoms with van der Waals surface area (Å²) in [5, 5.41) is 3.71. The first kappa shape index (κ1) is 19.7. The smallest absolute Gasteiger partial charge is 0.193 e. The largest absolute Gasteiger partial charge is 0.381 e. The second-order valence-corrected chi connectivity index (χ2v) is 9.20. The molecule has 0 amide bonds. The summed E-state index contributed by atoms with van der Waals surface area (Å²) in [4.78, 5) is 9.71. The van der Waals surface area contributed by atoms with Gasteiger partial charge in [0.2, 0.25) is 0 Å². The van der Waals surface area contributed by atoms with Gasteiger partial charge >= 0.3 is 0 Å². The highest BCUT2D eigenvalue weighted by molar-refractivity contribution is 5.80. The molecule has 0 radical (unpaired) electrons. The fourth-order valence-electron chi connectivity index (χ4n) is 5.20. The zero-order valence-electron chi connectivity index (χ0n) is 17.8. The quantitative estimate of drug-likeness (QED) is 0.640. The molecule has 0 saturated carbocycles. The first-order chi connectivity index (χ1) is 13.6. The van der Waals surface area contributed by atoms with Gasteiger partial charge in [0, 0.05) is 57.8 Å². The minimum Gasteiger partial charge on any atom is -0.381 e. The Labute approximate surface area is 170 Å². The van der Waals surface area contributed by atoms with Crippen molar-refractivity contribution in [1.82, 2.24) is 15.1 Å². The first-order valence-electron chi connectivity index (χ1n) is 10.9. The number of ether oxygens (including phenoxy) is 1. The summed E-state index contributed by atoms with van der Waals surface area (Å²) in [5.41, 5.74) is 3.38. The SMILES string of the molecule is CN=C(NCC(C(C)C)N1CCc2ccccc2C1)N1CCC2(CCOC2)C1. The Balaban J connectivity index is 1.37. The lowest BCUT2D eigenvalue weighted by Crippen LogP contribution is -2.51. The normalized spacial score (nSPS) is 26.9. The molecule has 3 heterocycles. The van der Waals surface area contributed by atoms with Crippen LogP contribution in [0.15, 0.2) is 29.3 Å². The number of likely N-dealkylation sites (tertiary alicyclic amines) is 1. The van der Waals surface area contributed by atoms with Crippen LogP contribution in [0.2, 0.25) is 0 Å². The number of guanidine groups is 1. The van der Waals surface area contributed by atoms with Crippen molar-refractivity contribution in [2.45, 2.75) is 45.7 Å². The summed E-state index contributed by atoms with van der Waals surface area (Å²) >= 11 is 0. The lowest BCUT2D eigenvalue weighted by atomic mass is 9.87. The van der Waals surface area contributed by atoms with Gasteiger partial charge in [0.25, 0.3) is 0 Å². The Hall–Kier alpha value is -1.59. The van der Waals surface area contributed by atoms with Gasteiger partial charge < -0.3 is 15.0 Å². The van der Waals surface area contributed by atoms with Crippen LogP contribution in [-0.2, 0) is 17.7 Å². The van der Waals surface area contributed by atoms with Crippen molar-refractivity contribution >= 4 is 5.96 Å². The molecule has 1 aromatic carbocycles. The summed E-state index contributed by atoms with van der Waals surface area (Å²) in [6.07, 6.45) is 3.58. The summed E-state index contributed by atoms with van der Waals surface area (Å²) < 4.78 is 5.69. The molecule has 0 aliphatic carbocycles. The molecule has 0 bridgehead atoms. The van der Waals surface area contributed by atoms with E-state index < -0.39 is 0 Å². The lowest BCUT2D eigenvalue weighted by Gasteiger charge is -2.38. The Morgan fingerprint density at radius 1 is 1.21 bits per heavy atom. The van der Waals surface area contributed by atoms with Crippen LogP contribution < -0.4 is 5.32 Å². The van der Waals surface area contributed by atoms with Gasteiger partial charge in [0.05, 0.1) is 6.61 Å². The van der Waals surface area contributed by atoms with Gasteiger partial charge in [-0.2, -0.15) is 0 Å². The number of benzene rings is 1. The zero-order valence-corrected chi connectivity index (χ0v) is 17.8. The summed E-state index contributed by atoms with van der Waals surface area (Å²) in [6, 6.07) is 9.42.